The Morgan fingerprint density at radius 1 is 1.32 bits per heavy atom. The van der Waals surface area contributed by atoms with Gasteiger partial charge in [-0.1, -0.05) is 0 Å². The number of aromatic nitrogens is 2. The highest BCUT2D eigenvalue weighted by atomic mass is 16.6. The largest absolute Gasteiger partial charge is 0.444 e. The molecule has 168 valence electrons. The van der Waals surface area contributed by atoms with Crippen molar-refractivity contribution in [1.29, 1.82) is 0 Å². The lowest BCUT2D eigenvalue weighted by Gasteiger charge is -2.34. The third kappa shape index (κ3) is 6.48. The third-order valence-corrected chi connectivity index (χ3v) is 4.99. The van der Waals surface area contributed by atoms with Gasteiger partial charge in [-0.25, -0.2) is 4.79 Å². The lowest BCUT2D eigenvalue weighted by atomic mass is 9.97. The van der Waals surface area contributed by atoms with Crippen LogP contribution in [0.1, 0.15) is 39.5 Å². The molecule has 1 aromatic carbocycles. The van der Waals surface area contributed by atoms with Crippen molar-refractivity contribution in [2.45, 2.75) is 45.8 Å². The molecule has 1 aliphatic heterocycles. The third-order valence-electron chi connectivity index (χ3n) is 4.99. The summed E-state index contributed by atoms with van der Waals surface area (Å²) in [5, 5.41) is 19.0. The molecule has 1 unspecified atom stereocenters. The average molecular weight is 431 g/mol. The van der Waals surface area contributed by atoms with Crippen LogP contribution in [0.2, 0.25) is 0 Å². The summed E-state index contributed by atoms with van der Waals surface area (Å²) in [7, 11) is 1.77. The SMILES string of the molecule is CN(CC1CCCN(Cc2nnc(-c3ccc([N+](=O)[O-])cc3)o2)C1)C(=O)OC(C)(C)C. The van der Waals surface area contributed by atoms with Gasteiger partial charge < -0.3 is 14.1 Å². The van der Waals surface area contributed by atoms with E-state index in [0.717, 1.165) is 25.9 Å². The molecule has 2 aromatic rings. The zero-order chi connectivity index (χ0) is 22.6. The van der Waals surface area contributed by atoms with E-state index in [1.807, 2.05) is 20.8 Å². The highest BCUT2D eigenvalue weighted by molar-refractivity contribution is 5.67. The summed E-state index contributed by atoms with van der Waals surface area (Å²) in [6, 6.07) is 6.02. The lowest BCUT2D eigenvalue weighted by Crippen LogP contribution is -2.42. The normalized spacial score (nSPS) is 17.4. The van der Waals surface area contributed by atoms with Crippen molar-refractivity contribution in [3.05, 3.63) is 40.3 Å². The maximum absolute atomic E-state index is 12.2. The molecule has 10 heteroatoms. The van der Waals surface area contributed by atoms with Gasteiger partial charge in [0, 0.05) is 37.8 Å². The van der Waals surface area contributed by atoms with E-state index in [-0.39, 0.29) is 11.8 Å². The molecule has 0 saturated carbocycles. The Labute approximate surface area is 181 Å². The highest BCUT2D eigenvalue weighted by Gasteiger charge is 2.26. The van der Waals surface area contributed by atoms with Gasteiger partial charge in [-0.15, -0.1) is 10.2 Å². The van der Waals surface area contributed by atoms with Crippen molar-refractivity contribution in [3.63, 3.8) is 0 Å². The number of carbonyl (C=O) groups is 1. The van der Waals surface area contributed by atoms with Crippen molar-refractivity contribution in [2.75, 3.05) is 26.7 Å². The predicted molar refractivity (Wildman–Crippen MR) is 113 cm³/mol. The number of piperidine rings is 1. The number of ether oxygens (including phenoxy) is 1. The topological polar surface area (TPSA) is 115 Å². The van der Waals surface area contributed by atoms with Crippen LogP contribution in [0.3, 0.4) is 0 Å². The van der Waals surface area contributed by atoms with Crippen LogP contribution in [-0.4, -0.2) is 63.3 Å². The number of hydrogen-bond donors (Lipinski definition) is 0. The number of non-ortho nitro benzene ring substituents is 1. The molecule has 0 radical (unpaired) electrons. The molecule has 1 aliphatic rings. The average Bonchev–Trinajstić information content (AvgIpc) is 3.15. The maximum atomic E-state index is 12.2. The van der Waals surface area contributed by atoms with E-state index in [9.17, 15) is 14.9 Å². The van der Waals surface area contributed by atoms with Gasteiger partial charge in [0.15, 0.2) is 0 Å². The van der Waals surface area contributed by atoms with Crippen molar-refractivity contribution in [2.24, 2.45) is 5.92 Å². The van der Waals surface area contributed by atoms with E-state index >= 15 is 0 Å². The molecular formula is C21H29N5O5. The van der Waals surface area contributed by atoms with E-state index in [4.69, 9.17) is 9.15 Å². The zero-order valence-corrected chi connectivity index (χ0v) is 18.4. The molecule has 3 rings (SSSR count). The Balaban J connectivity index is 1.55. The second-order valence-electron chi connectivity index (χ2n) is 8.91. The summed E-state index contributed by atoms with van der Waals surface area (Å²) in [4.78, 5) is 26.4. The molecule has 1 aromatic heterocycles. The Hall–Kier alpha value is -3.01. The van der Waals surface area contributed by atoms with Gasteiger partial charge in [0.1, 0.15) is 5.60 Å². The summed E-state index contributed by atoms with van der Waals surface area (Å²) in [5.74, 6) is 1.17. The van der Waals surface area contributed by atoms with Crippen LogP contribution in [0.15, 0.2) is 28.7 Å². The maximum Gasteiger partial charge on any atom is 0.410 e. The molecule has 0 spiro atoms. The van der Waals surface area contributed by atoms with Crippen LogP contribution in [0, 0.1) is 16.0 Å². The molecule has 31 heavy (non-hydrogen) atoms. The van der Waals surface area contributed by atoms with Crippen LogP contribution in [0.25, 0.3) is 11.5 Å². The number of nitrogens with zero attached hydrogens (tertiary/aromatic N) is 5. The fraction of sp³-hybridized carbons (Fsp3) is 0.571. The van der Waals surface area contributed by atoms with Gasteiger partial charge >= 0.3 is 6.09 Å². The second kappa shape index (κ2) is 9.42. The number of nitro groups is 1. The van der Waals surface area contributed by atoms with Crippen LogP contribution < -0.4 is 0 Å². The van der Waals surface area contributed by atoms with Gasteiger partial charge in [-0.2, -0.15) is 0 Å². The Morgan fingerprint density at radius 2 is 2.03 bits per heavy atom. The molecule has 1 fully saturated rings. The Kier molecular flexibility index (Phi) is 6.89. The molecule has 1 amide bonds. The first-order valence-electron chi connectivity index (χ1n) is 10.3. The van der Waals surface area contributed by atoms with E-state index < -0.39 is 10.5 Å². The minimum atomic E-state index is -0.511. The number of benzene rings is 1. The minimum absolute atomic E-state index is 0.0131. The highest BCUT2D eigenvalue weighted by Crippen LogP contribution is 2.23. The van der Waals surface area contributed by atoms with Crippen LogP contribution in [0.5, 0.6) is 0 Å². The van der Waals surface area contributed by atoms with Crippen LogP contribution >= 0.6 is 0 Å². The first-order chi connectivity index (χ1) is 14.6. The van der Waals surface area contributed by atoms with Crippen LogP contribution in [-0.2, 0) is 11.3 Å². The zero-order valence-electron chi connectivity index (χ0n) is 18.4. The summed E-state index contributed by atoms with van der Waals surface area (Å²) >= 11 is 0. The van der Waals surface area contributed by atoms with E-state index in [1.165, 1.54) is 12.1 Å². The molecule has 0 N–H and O–H groups in total. The predicted octanol–water partition coefficient (Wildman–Crippen LogP) is 3.72. The smallest absolute Gasteiger partial charge is 0.410 e. The van der Waals surface area contributed by atoms with Crippen molar-refractivity contribution < 1.29 is 18.9 Å². The quantitative estimate of drug-likeness (QED) is 0.502. The summed E-state index contributed by atoms with van der Waals surface area (Å²) < 4.78 is 11.2. The lowest BCUT2D eigenvalue weighted by molar-refractivity contribution is -0.384. The number of carbonyl (C=O) groups excluding carboxylic acids is 1. The Bertz CT molecular complexity index is 906. The number of hydrogen-bond acceptors (Lipinski definition) is 8. The number of likely N-dealkylation sites (tertiary alicyclic amines) is 1. The molecule has 10 nitrogen and oxygen atoms in total. The molecular weight excluding hydrogens is 402 g/mol. The van der Waals surface area contributed by atoms with Gasteiger partial charge in [0.2, 0.25) is 11.8 Å². The monoisotopic (exact) mass is 431 g/mol. The van der Waals surface area contributed by atoms with E-state index in [0.29, 0.717) is 36.4 Å². The molecule has 0 bridgehead atoms. The van der Waals surface area contributed by atoms with Gasteiger partial charge in [-0.3, -0.25) is 15.0 Å². The van der Waals surface area contributed by atoms with Gasteiger partial charge in [0.05, 0.1) is 11.5 Å². The van der Waals surface area contributed by atoms with E-state index in [2.05, 4.69) is 15.1 Å². The van der Waals surface area contributed by atoms with Gasteiger partial charge in [0.25, 0.3) is 5.69 Å². The summed E-state index contributed by atoms with van der Waals surface area (Å²) in [6.07, 6.45) is 1.76. The molecule has 1 atom stereocenters. The number of rotatable bonds is 6. The molecule has 1 saturated heterocycles. The second-order valence-corrected chi connectivity index (χ2v) is 8.91. The van der Waals surface area contributed by atoms with Crippen molar-refractivity contribution in [1.82, 2.24) is 20.0 Å². The fourth-order valence-electron chi connectivity index (χ4n) is 3.60. The summed E-state index contributed by atoms with van der Waals surface area (Å²) in [6.45, 7) is 8.46. The minimum Gasteiger partial charge on any atom is -0.444 e. The van der Waals surface area contributed by atoms with E-state index in [1.54, 1.807) is 24.1 Å². The van der Waals surface area contributed by atoms with Crippen molar-refractivity contribution in [3.8, 4) is 11.5 Å². The van der Waals surface area contributed by atoms with Crippen LogP contribution in [0.4, 0.5) is 10.5 Å². The molecule has 0 aliphatic carbocycles. The first kappa shape index (κ1) is 22.7. The fourth-order valence-corrected chi connectivity index (χ4v) is 3.60. The molecule has 2 heterocycles. The first-order valence-corrected chi connectivity index (χ1v) is 10.3. The van der Waals surface area contributed by atoms with Gasteiger partial charge in [-0.05, 0) is 58.2 Å². The standard InChI is InChI=1S/C21H29N5O5/c1-21(2,3)31-20(27)24(4)12-15-6-5-11-25(13-15)14-18-22-23-19(30-18)16-7-9-17(10-8-16)26(28)29/h7-10,15H,5-6,11-14H2,1-4H3. The number of nitro benzene ring substituents is 1. The number of amides is 1. The Morgan fingerprint density at radius 3 is 2.68 bits per heavy atom. The van der Waals surface area contributed by atoms with Crippen molar-refractivity contribution >= 4 is 11.8 Å². The summed E-state index contributed by atoms with van der Waals surface area (Å²) in [5.41, 5.74) is 0.141.